The minimum atomic E-state index is 0. The van der Waals surface area contributed by atoms with Crippen molar-refractivity contribution in [3.05, 3.63) is 29.0 Å². The molecule has 1 aromatic rings. The molecule has 0 spiro atoms. The maximum atomic E-state index is 5.78. The molecular weight excluding hydrogens is 427 g/mol. The van der Waals surface area contributed by atoms with Gasteiger partial charge in [-0.25, -0.2) is 4.98 Å². The molecule has 0 aromatic carbocycles. The second-order valence-corrected chi connectivity index (χ2v) is 5.37. The predicted molar refractivity (Wildman–Crippen MR) is 108 cm³/mol. The number of pyridine rings is 1. The van der Waals surface area contributed by atoms with Gasteiger partial charge in [0.2, 0.25) is 0 Å². The van der Waals surface area contributed by atoms with Crippen LogP contribution in [0.5, 0.6) is 0 Å². The van der Waals surface area contributed by atoms with E-state index >= 15 is 0 Å². The van der Waals surface area contributed by atoms with E-state index in [0.29, 0.717) is 5.15 Å². The number of aliphatic imine (C=N–C) groups is 1. The molecule has 0 unspecified atom stereocenters. The molecule has 0 bridgehead atoms. The van der Waals surface area contributed by atoms with Gasteiger partial charge >= 0.3 is 0 Å². The summed E-state index contributed by atoms with van der Waals surface area (Å²) in [5.74, 6) is 0.871. The third-order valence-corrected chi connectivity index (χ3v) is 3.34. The summed E-state index contributed by atoms with van der Waals surface area (Å²) in [6.07, 6.45) is 6.03. The number of methoxy groups -OCH3 is 1. The number of hydrogen-bond acceptors (Lipinski definition) is 3. The fraction of sp³-hybridized carbons (Fsp3) is 0.625. The average molecular weight is 455 g/mol. The van der Waals surface area contributed by atoms with Crippen molar-refractivity contribution in [2.75, 3.05) is 33.4 Å². The number of halogens is 2. The van der Waals surface area contributed by atoms with Crippen molar-refractivity contribution in [1.29, 1.82) is 0 Å². The summed E-state index contributed by atoms with van der Waals surface area (Å²) in [5.41, 5.74) is 1.16. The third-order valence-electron chi connectivity index (χ3n) is 3.12. The Morgan fingerprint density at radius 1 is 1.26 bits per heavy atom. The summed E-state index contributed by atoms with van der Waals surface area (Å²) < 4.78 is 5.04. The number of unbranched alkanes of at least 4 members (excludes halogenated alkanes) is 2. The molecule has 0 radical (unpaired) electrons. The van der Waals surface area contributed by atoms with Gasteiger partial charge in [-0.3, -0.25) is 4.99 Å². The lowest BCUT2D eigenvalue weighted by atomic mass is 10.2. The zero-order valence-corrected chi connectivity index (χ0v) is 17.1. The topological polar surface area (TPSA) is 58.5 Å². The molecule has 0 aliphatic heterocycles. The molecule has 0 fully saturated rings. The van der Waals surface area contributed by atoms with Gasteiger partial charge in [0.1, 0.15) is 5.15 Å². The first-order valence-electron chi connectivity index (χ1n) is 7.87. The van der Waals surface area contributed by atoms with Crippen LogP contribution in [-0.4, -0.2) is 44.3 Å². The fourth-order valence-corrected chi connectivity index (χ4v) is 2.06. The Morgan fingerprint density at radius 3 is 2.74 bits per heavy atom. The Morgan fingerprint density at radius 2 is 2.09 bits per heavy atom. The molecule has 132 valence electrons. The molecule has 7 heteroatoms. The Bertz CT molecular complexity index is 429. The largest absolute Gasteiger partial charge is 0.385 e. The second-order valence-electron chi connectivity index (χ2n) is 4.98. The summed E-state index contributed by atoms with van der Waals surface area (Å²) in [6.45, 7) is 5.41. The zero-order chi connectivity index (χ0) is 16.0. The van der Waals surface area contributed by atoms with E-state index in [9.17, 15) is 0 Å². The van der Waals surface area contributed by atoms with Gasteiger partial charge in [-0.2, -0.15) is 0 Å². The zero-order valence-electron chi connectivity index (χ0n) is 14.0. The standard InChI is InChI=1S/C16H27ClN4O.HI/c1-3-18-16(19-10-5-4-6-12-22-2)20-11-9-14-7-8-15(17)21-13-14;/h7-8,13H,3-6,9-12H2,1-2H3,(H2,18,19,20);1H. The first-order valence-corrected chi connectivity index (χ1v) is 8.25. The van der Waals surface area contributed by atoms with E-state index in [4.69, 9.17) is 16.3 Å². The predicted octanol–water partition coefficient (Wildman–Crippen LogP) is 3.27. The van der Waals surface area contributed by atoms with Crippen LogP contribution < -0.4 is 10.6 Å². The van der Waals surface area contributed by atoms with Crippen molar-refractivity contribution in [1.82, 2.24) is 15.6 Å². The van der Waals surface area contributed by atoms with Gasteiger partial charge in [0.05, 0.1) is 0 Å². The summed E-state index contributed by atoms with van der Waals surface area (Å²) in [4.78, 5) is 8.65. The van der Waals surface area contributed by atoms with Crippen molar-refractivity contribution in [3.63, 3.8) is 0 Å². The number of aromatic nitrogens is 1. The van der Waals surface area contributed by atoms with E-state index < -0.39 is 0 Å². The van der Waals surface area contributed by atoms with Crippen LogP contribution in [-0.2, 0) is 11.2 Å². The Balaban J connectivity index is 0.00000484. The van der Waals surface area contributed by atoms with Gasteiger partial charge in [-0.1, -0.05) is 17.7 Å². The third kappa shape index (κ3) is 11.6. The Hall–Kier alpha value is -0.600. The van der Waals surface area contributed by atoms with Gasteiger partial charge in [0.15, 0.2) is 5.96 Å². The van der Waals surface area contributed by atoms with Crippen molar-refractivity contribution in [2.24, 2.45) is 4.99 Å². The van der Waals surface area contributed by atoms with Gasteiger partial charge in [0, 0.05) is 39.5 Å². The van der Waals surface area contributed by atoms with Crippen LogP contribution in [0.2, 0.25) is 5.15 Å². The van der Waals surface area contributed by atoms with Crippen LogP contribution in [0.4, 0.5) is 0 Å². The number of ether oxygens (including phenoxy) is 1. The quantitative estimate of drug-likeness (QED) is 0.187. The monoisotopic (exact) mass is 454 g/mol. The molecule has 0 amide bonds. The Labute approximate surface area is 161 Å². The molecule has 0 atom stereocenters. The number of nitrogens with one attached hydrogen (secondary N) is 2. The van der Waals surface area contributed by atoms with E-state index in [1.165, 1.54) is 0 Å². The number of rotatable bonds is 10. The normalized spacial score (nSPS) is 11.0. The molecule has 1 heterocycles. The second kappa shape index (κ2) is 15.0. The highest BCUT2D eigenvalue weighted by atomic mass is 127. The number of guanidine groups is 1. The average Bonchev–Trinajstić information content (AvgIpc) is 2.52. The molecule has 0 aliphatic carbocycles. The van der Waals surface area contributed by atoms with E-state index in [2.05, 4.69) is 27.5 Å². The van der Waals surface area contributed by atoms with Crippen molar-refractivity contribution >= 4 is 41.5 Å². The molecule has 23 heavy (non-hydrogen) atoms. The SMILES string of the molecule is CCNC(=NCCCCCOC)NCCc1ccc(Cl)nc1.I. The number of hydrogen-bond donors (Lipinski definition) is 2. The molecule has 0 saturated carbocycles. The highest BCUT2D eigenvalue weighted by Gasteiger charge is 1.98. The number of nitrogens with zero attached hydrogens (tertiary/aromatic N) is 2. The van der Waals surface area contributed by atoms with Crippen LogP contribution in [0.15, 0.2) is 23.3 Å². The molecule has 5 nitrogen and oxygen atoms in total. The van der Waals surface area contributed by atoms with Crippen LogP contribution in [0.3, 0.4) is 0 Å². The first kappa shape index (κ1) is 22.4. The highest BCUT2D eigenvalue weighted by molar-refractivity contribution is 14.0. The molecular formula is C16H28ClIN4O. The molecule has 0 aliphatic rings. The maximum Gasteiger partial charge on any atom is 0.191 e. The van der Waals surface area contributed by atoms with Crippen LogP contribution in [0.1, 0.15) is 31.7 Å². The first-order chi connectivity index (χ1) is 10.8. The van der Waals surface area contributed by atoms with Gasteiger partial charge in [0.25, 0.3) is 0 Å². The minimum absolute atomic E-state index is 0. The lowest BCUT2D eigenvalue weighted by Crippen LogP contribution is -2.38. The smallest absolute Gasteiger partial charge is 0.191 e. The highest BCUT2D eigenvalue weighted by Crippen LogP contribution is 2.05. The van der Waals surface area contributed by atoms with E-state index in [1.807, 2.05) is 18.3 Å². The lowest BCUT2D eigenvalue weighted by Gasteiger charge is -2.11. The molecule has 1 rings (SSSR count). The van der Waals surface area contributed by atoms with Crippen LogP contribution in [0.25, 0.3) is 0 Å². The molecule has 1 aromatic heterocycles. The minimum Gasteiger partial charge on any atom is -0.385 e. The molecule has 0 saturated heterocycles. The molecule has 2 N–H and O–H groups in total. The van der Waals surface area contributed by atoms with E-state index in [-0.39, 0.29) is 24.0 Å². The van der Waals surface area contributed by atoms with Crippen LogP contribution >= 0.6 is 35.6 Å². The van der Waals surface area contributed by atoms with Gasteiger partial charge in [-0.05, 0) is 44.2 Å². The van der Waals surface area contributed by atoms with Gasteiger partial charge in [-0.15, -0.1) is 24.0 Å². The van der Waals surface area contributed by atoms with Crippen molar-refractivity contribution in [2.45, 2.75) is 32.6 Å². The van der Waals surface area contributed by atoms with Gasteiger partial charge < -0.3 is 15.4 Å². The fourth-order valence-electron chi connectivity index (χ4n) is 1.95. The van der Waals surface area contributed by atoms with E-state index in [0.717, 1.165) is 63.4 Å². The lowest BCUT2D eigenvalue weighted by molar-refractivity contribution is 0.192. The van der Waals surface area contributed by atoms with Crippen LogP contribution in [0, 0.1) is 0 Å². The van der Waals surface area contributed by atoms with E-state index in [1.54, 1.807) is 7.11 Å². The van der Waals surface area contributed by atoms with Crippen molar-refractivity contribution in [3.8, 4) is 0 Å². The Kier molecular flexibility index (Phi) is 14.6. The summed E-state index contributed by atoms with van der Waals surface area (Å²) in [5, 5.41) is 7.12. The summed E-state index contributed by atoms with van der Waals surface area (Å²) >= 11 is 5.78. The van der Waals surface area contributed by atoms with Crippen molar-refractivity contribution < 1.29 is 4.74 Å². The summed E-state index contributed by atoms with van der Waals surface area (Å²) in [7, 11) is 1.74. The summed E-state index contributed by atoms with van der Waals surface area (Å²) in [6, 6.07) is 3.81. The maximum absolute atomic E-state index is 5.78.